The van der Waals surface area contributed by atoms with Gasteiger partial charge in [0.1, 0.15) is 19.0 Å². The van der Waals surface area contributed by atoms with E-state index in [1.165, 1.54) is 0 Å². The molecule has 0 saturated heterocycles. The van der Waals surface area contributed by atoms with Gasteiger partial charge in [-0.05, 0) is 25.0 Å². The van der Waals surface area contributed by atoms with Crippen LogP contribution < -0.4 is 4.74 Å². The molecule has 1 unspecified atom stereocenters. The lowest BCUT2D eigenvalue weighted by Crippen LogP contribution is -2.20. The first-order valence-electron chi connectivity index (χ1n) is 10.4. The number of hydrogen-bond acceptors (Lipinski definition) is 6. The smallest absolute Gasteiger partial charge is 0.308 e. The molecule has 0 amide bonds. The molecule has 0 spiro atoms. The Bertz CT molecular complexity index is 479. The zero-order valence-corrected chi connectivity index (χ0v) is 17.4. The van der Waals surface area contributed by atoms with Crippen LogP contribution in [0.2, 0.25) is 0 Å². The highest BCUT2D eigenvalue weighted by molar-refractivity contribution is 5.72. The summed E-state index contributed by atoms with van der Waals surface area (Å²) in [7, 11) is 0. The maximum atomic E-state index is 11.9. The summed E-state index contributed by atoms with van der Waals surface area (Å²) in [5.74, 6) is 0.752. The molecule has 0 fully saturated rings. The average molecular weight is 397 g/mol. The van der Waals surface area contributed by atoms with Crippen molar-refractivity contribution < 1.29 is 28.5 Å². The lowest BCUT2D eigenvalue weighted by molar-refractivity contribution is -0.150. The van der Waals surface area contributed by atoms with Crippen LogP contribution in [0.4, 0.5) is 0 Å². The fourth-order valence-corrected chi connectivity index (χ4v) is 2.54. The van der Waals surface area contributed by atoms with Gasteiger partial charge in [0.05, 0.1) is 45.6 Å². The molecule has 0 bridgehead atoms. The zero-order chi connectivity index (χ0) is 20.3. The molecular weight excluding hydrogens is 360 g/mol. The molecular formula is C22H36O6. The molecule has 0 N–H and O–H groups in total. The van der Waals surface area contributed by atoms with Crippen LogP contribution in [0, 0.1) is 5.92 Å². The molecule has 160 valence electrons. The Balaban J connectivity index is 1.83. The summed E-state index contributed by atoms with van der Waals surface area (Å²) >= 11 is 0. The molecule has 0 radical (unpaired) electrons. The van der Waals surface area contributed by atoms with Crippen molar-refractivity contribution in [2.75, 3.05) is 52.9 Å². The highest BCUT2D eigenvalue weighted by atomic mass is 16.6. The van der Waals surface area contributed by atoms with Gasteiger partial charge in [-0.15, -0.1) is 0 Å². The number of para-hydroxylation sites is 1. The highest BCUT2D eigenvalue weighted by Gasteiger charge is 2.16. The predicted molar refractivity (Wildman–Crippen MR) is 109 cm³/mol. The molecule has 1 aromatic rings. The average Bonchev–Trinajstić information content (AvgIpc) is 2.72. The van der Waals surface area contributed by atoms with Crippen molar-refractivity contribution in [1.29, 1.82) is 0 Å². The van der Waals surface area contributed by atoms with Gasteiger partial charge >= 0.3 is 5.97 Å². The SMILES string of the molecule is CCCCC(CC)C(=O)OCCOCCOCCOCCOc1ccccc1. The van der Waals surface area contributed by atoms with Gasteiger partial charge in [0, 0.05) is 0 Å². The largest absolute Gasteiger partial charge is 0.491 e. The summed E-state index contributed by atoms with van der Waals surface area (Å²) in [5.41, 5.74) is 0. The molecule has 6 heteroatoms. The topological polar surface area (TPSA) is 63.2 Å². The number of rotatable bonds is 18. The molecule has 1 atom stereocenters. The van der Waals surface area contributed by atoms with Crippen LogP contribution in [-0.2, 0) is 23.7 Å². The van der Waals surface area contributed by atoms with E-state index in [0.29, 0.717) is 52.9 Å². The van der Waals surface area contributed by atoms with E-state index in [9.17, 15) is 4.79 Å². The first-order chi connectivity index (χ1) is 13.8. The van der Waals surface area contributed by atoms with Crippen LogP contribution in [0.15, 0.2) is 30.3 Å². The monoisotopic (exact) mass is 396 g/mol. The maximum absolute atomic E-state index is 11.9. The van der Waals surface area contributed by atoms with Crippen molar-refractivity contribution in [3.05, 3.63) is 30.3 Å². The van der Waals surface area contributed by atoms with Gasteiger partial charge in [-0.2, -0.15) is 0 Å². The molecule has 0 aromatic heterocycles. The van der Waals surface area contributed by atoms with Crippen LogP contribution in [0.5, 0.6) is 5.75 Å². The van der Waals surface area contributed by atoms with E-state index in [2.05, 4.69) is 6.92 Å². The number of benzene rings is 1. The Morgan fingerprint density at radius 1 is 0.821 bits per heavy atom. The predicted octanol–water partition coefficient (Wildman–Crippen LogP) is 3.87. The van der Waals surface area contributed by atoms with Gasteiger partial charge in [0.2, 0.25) is 0 Å². The van der Waals surface area contributed by atoms with E-state index >= 15 is 0 Å². The second kappa shape index (κ2) is 17.5. The van der Waals surface area contributed by atoms with Gasteiger partial charge in [-0.3, -0.25) is 4.79 Å². The Morgan fingerprint density at radius 3 is 1.96 bits per heavy atom. The highest BCUT2D eigenvalue weighted by Crippen LogP contribution is 2.14. The molecule has 1 aromatic carbocycles. The number of esters is 1. The summed E-state index contributed by atoms with van der Waals surface area (Å²) in [6, 6.07) is 9.65. The van der Waals surface area contributed by atoms with Crippen molar-refractivity contribution >= 4 is 5.97 Å². The van der Waals surface area contributed by atoms with E-state index in [4.69, 9.17) is 23.7 Å². The summed E-state index contributed by atoms with van der Waals surface area (Å²) < 4.78 is 27.1. The minimum atomic E-state index is -0.107. The third kappa shape index (κ3) is 12.7. The second-order valence-electron chi connectivity index (χ2n) is 6.41. The van der Waals surface area contributed by atoms with E-state index in [-0.39, 0.29) is 11.9 Å². The van der Waals surface area contributed by atoms with Crippen LogP contribution >= 0.6 is 0 Å². The molecule has 0 aliphatic rings. The fraction of sp³-hybridized carbons (Fsp3) is 0.682. The van der Waals surface area contributed by atoms with Gasteiger partial charge < -0.3 is 23.7 Å². The summed E-state index contributed by atoms with van der Waals surface area (Å²) in [5, 5.41) is 0. The van der Waals surface area contributed by atoms with Crippen LogP contribution in [0.3, 0.4) is 0 Å². The number of unbranched alkanes of at least 4 members (excludes halogenated alkanes) is 1. The summed E-state index contributed by atoms with van der Waals surface area (Å²) in [6.07, 6.45) is 3.89. The van der Waals surface area contributed by atoms with E-state index in [0.717, 1.165) is 31.4 Å². The molecule has 0 saturated carbocycles. The molecule has 1 rings (SSSR count). The Hall–Kier alpha value is -1.63. The van der Waals surface area contributed by atoms with Crippen molar-refractivity contribution in [3.8, 4) is 5.75 Å². The first-order valence-corrected chi connectivity index (χ1v) is 10.4. The first kappa shape index (κ1) is 24.4. The summed E-state index contributed by atoms with van der Waals surface area (Å²) in [4.78, 5) is 11.9. The van der Waals surface area contributed by atoms with Crippen LogP contribution in [-0.4, -0.2) is 58.8 Å². The van der Waals surface area contributed by atoms with E-state index in [1.54, 1.807) is 0 Å². The number of carbonyl (C=O) groups is 1. The molecule has 0 aliphatic heterocycles. The minimum Gasteiger partial charge on any atom is -0.491 e. The van der Waals surface area contributed by atoms with E-state index in [1.807, 2.05) is 37.3 Å². The molecule has 6 nitrogen and oxygen atoms in total. The van der Waals surface area contributed by atoms with E-state index < -0.39 is 0 Å². The number of hydrogen-bond donors (Lipinski definition) is 0. The third-order valence-electron chi connectivity index (χ3n) is 4.19. The summed E-state index contributed by atoms with van der Waals surface area (Å²) in [6.45, 7) is 7.88. The van der Waals surface area contributed by atoms with Gasteiger partial charge in [-0.1, -0.05) is 44.9 Å². The van der Waals surface area contributed by atoms with Crippen molar-refractivity contribution in [3.63, 3.8) is 0 Å². The van der Waals surface area contributed by atoms with Crippen LogP contribution in [0.25, 0.3) is 0 Å². The molecule has 0 heterocycles. The third-order valence-corrected chi connectivity index (χ3v) is 4.19. The Kier molecular flexibility index (Phi) is 15.2. The van der Waals surface area contributed by atoms with Crippen molar-refractivity contribution in [2.45, 2.75) is 39.5 Å². The Labute approximate surface area is 169 Å². The lowest BCUT2D eigenvalue weighted by atomic mass is 10.00. The number of carbonyl (C=O) groups excluding carboxylic acids is 1. The normalized spacial score (nSPS) is 11.9. The minimum absolute atomic E-state index is 0.0152. The van der Waals surface area contributed by atoms with Crippen molar-refractivity contribution in [2.24, 2.45) is 5.92 Å². The second-order valence-corrected chi connectivity index (χ2v) is 6.41. The zero-order valence-electron chi connectivity index (χ0n) is 17.4. The lowest BCUT2D eigenvalue weighted by Gasteiger charge is -2.13. The number of ether oxygens (including phenoxy) is 5. The van der Waals surface area contributed by atoms with Gasteiger partial charge in [0.15, 0.2) is 0 Å². The van der Waals surface area contributed by atoms with Crippen molar-refractivity contribution in [1.82, 2.24) is 0 Å². The molecule has 28 heavy (non-hydrogen) atoms. The van der Waals surface area contributed by atoms with Gasteiger partial charge in [-0.25, -0.2) is 0 Å². The quantitative estimate of drug-likeness (QED) is 0.277. The standard InChI is InChI=1S/C22H36O6/c1-3-5-9-20(4-2)22(23)28-19-17-26-15-13-24-12-14-25-16-18-27-21-10-7-6-8-11-21/h6-8,10-11,20H,3-5,9,12-19H2,1-2H3. The Morgan fingerprint density at radius 2 is 1.39 bits per heavy atom. The maximum Gasteiger partial charge on any atom is 0.308 e. The van der Waals surface area contributed by atoms with Crippen LogP contribution in [0.1, 0.15) is 39.5 Å². The van der Waals surface area contributed by atoms with Gasteiger partial charge in [0.25, 0.3) is 0 Å². The molecule has 0 aliphatic carbocycles. The fourth-order valence-electron chi connectivity index (χ4n) is 2.54.